The average molecular weight is 320 g/mol. The summed E-state index contributed by atoms with van der Waals surface area (Å²) in [6.07, 6.45) is 0. The van der Waals surface area contributed by atoms with Crippen LogP contribution >= 0.6 is 11.6 Å². The van der Waals surface area contributed by atoms with Gasteiger partial charge in [-0.1, -0.05) is 11.6 Å². The number of benzene rings is 2. The predicted octanol–water partition coefficient (Wildman–Crippen LogP) is 3.49. The Hall–Kier alpha value is -2.04. The molecule has 0 aliphatic heterocycles. The second-order valence-electron chi connectivity index (χ2n) is 4.89. The lowest BCUT2D eigenvalue weighted by atomic mass is 9.98. The number of carbonyl (C=O) groups is 1. The molecule has 0 atom stereocenters. The lowest BCUT2D eigenvalue weighted by Gasteiger charge is -2.10. The SMILES string of the molecule is COCCOc1ccc(C(=O)c2ccc(N)cc2Cl)c(C)c1. The smallest absolute Gasteiger partial charge is 0.194 e. The molecule has 0 bridgehead atoms. The molecule has 2 aromatic rings. The molecule has 2 N–H and O–H groups in total. The lowest BCUT2D eigenvalue weighted by molar-refractivity contribution is 0.103. The zero-order chi connectivity index (χ0) is 16.1. The quantitative estimate of drug-likeness (QED) is 0.503. The molecule has 2 rings (SSSR count). The van der Waals surface area contributed by atoms with Gasteiger partial charge in [0.1, 0.15) is 12.4 Å². The van der Waals surface area contributed by atoms with Crippen molar-refractivity contribution in [2.75, 3.05) is 26.1 Å². The Morgan fingerprint density at radius 1 is 1.14 bits per heavy atom. The summed E-state index contributed by atoms with van der Waals surface area (Å²) in [7, 11) is 1.62. The standard InChI is InChI=1S/C17H18ClNO3/c1-11-9-13(22-8-7-21-2)4-6-14(11)17(20)15-5-3-12(19)10-16(15)18/h3-6,9-10H,7-8,19H2,1-2H3. The number of halogens is 1. The van der Waals surface area contributed by atoms with E-state index in [-0.39, 0.29) is 5.78 Å². The van der Waals surface area contributed by atoms with E-state index in [1.54, 1.807) is 37.4 Å². The monoisotopic (exact) mass is 319 g/mol. The van der Waals surface area contributed by atoms with Crippen molar-refractivity contribution in [3.8, 4) is 5.75 Å². The van der Waals surface area contributed by atoms with Crippen LogP contribution in [0, 0.1) is 6.92 Å². The molecule has 0 amide bonds. The molecule has 0 aromatic heterocycles. The molecular weight excluding hydrogens is 302 g/mol. The third-order valence-corrected chi connectivity index (χ3v) is 3.55. The maximum absolute atomic E-state index is 12.6. The highest BCUT2D eigenvalue weighted by Crippen LogP contribution is 2.25. The summed E-state index contributed by atoms with van der Waals surface area (Å²) in [5, 5.41) is 0.352. The highest BCUT2D eigenvalue weighted by molar-refractivity contribution is 6.35. The number of methoxy groups -OCH3 is 1. The fourth-order valence-corrected chi connectivity index (χ4v) is 2.36. The van der Waals surface area contributed by atoms with Crippen LogP contribution < -0.4 is 10.5 Å². The summed E-state index contributed by atoms with van der Waals surface area (Å²) >= 11 is 6.10. The molecule has 2 aromatic carbocycles. The summed E-state index contributed by atoms with van der Waals surface area (Å²) in [4.78, 5) is 12.6. The van der Waals surface area contributed by atoms with Gasteiger partial charge < -0.3 is 15.2 Å². The van der Waals surface area contributed by atoms with E-state index in [9.17, 15) is 4.79 Å². The number of nitrogen functional groups attached to an aromatic ring is 1. The van der Waals surface area contributed by atoms with Gasteiger partial charge in [0.05, 0.1) is 11.6 Å². The van der Waals surface area contributed by atoms with Crippen LogP contribution in [-0.2, 0) is 4.74 Å². The number of hydrogen-bond donors (Lipinski definition) is 1. The van der Waals surface area contributed by atoms with Crippen molar-refractivity contribution in [3.63, 3.8) is 0 Å². The Kier molecular flexibility index (Phi) is 5.41. The van der Waals surface area contributed by atoms with E-state index in [0.717, 1.165) is 5.56 Å². The van der Waals surface area contributed by atoms with Crippen LogP contribution in [0.2, 0.25) is 5.02 Å². The number of ether oxygens (including phenoxy) is 2. The molecule has 0 fully saturated rings. The number of carbonyl (C=O) groups excluding carboxylic acids is 1. The van der Waals surface area contributed by atoms with E-state index in [2.05, 4.69) is 0 Å². The Balaban J connectivity index is 2.23. The molecule has 0 saturated carbocycles. The van der Waals surface area contributed by atoms with Crippen molar-refractivity contribution in [2.45, 2.75) is 6.92 Å². The molecule has 5 heteroatoms. The van der Waals surface area contributed by atoms with E-state index in [1.807, 2.05) is 13.0 Å². The van der Waals surface area contributed by atoms with Gasteiger partial charge in [0.2, 0.25) is 0 Å². The summed E-state index contributed by atoms with van der Waals surface area (Å²) in [5.74, 6) is 0.570. The van der Waals surface area contributed by atoms with Crippen molar-refractivity contribution in [2.24, 2.45) is 0 Å². The molecule has 0 aliphatic carbocycles. The minimum atomic E-state index is -0.133. The molecule has 0 aliphatic rings. The van der Waals surface area contributed by atoms with Gasteiger partial charge in [-0.3, -0.25) is 4.79 Å². The third kappa shape index (κ3) is 3.78. The first kappa shape index (κ1) is 16.3. The second-order valence-corrected chi connectivity index (χ2v) is 5.29. The third-order valence-electron chi connectivity index (χ3n) is 3.24. The summed E-state index contributed by atoms with van der Waals surface area (Å²) in [6, 6.07) is 10.2. The Morgan fingerprint density at radius 2 is 1.86 bits per heavy atom. The van der Waals surface area contributed by atoms with Crippen molar-refractivity contribution < 1.29 is 14.3 Å². The number of ketones is 1. The Bertz CT molecular complexity index is 686. The highest BCUT2D eigenvalue weighted by Gasteiger charge is 2.15. The van der Waals surface area contributed by atoms with Gasteiger partial charge in [0, 0.05) is 23.9 Å². The fourth-order valence-electron chi connectivity index (χ4n) is 2.08. The molecule has 0 radical (unpaired) electrons. The minimum absolute atomic E-state index is 0.133. The van der Waals surface area contributed by atoms with Crippen molar-refractivity contribution in [1.29, 1.82) is 0 Å². The zero-order valence-electron chi connectivity index (χ0n) is 12.6. The Morgan fingerprint density at radius 3 is 2.50 bits per heavy atom. The molecule has 4 nitrogen and oxygen atoms in total. The highest BCUT2D eigenvalue weighted by atomic mass is 35.5. The predicted molar refractivity (Wildman–Crippen MR) is 87.8 cm³/mol. The van der Waals surface area contributed by atoms with Crippen molar-refractivity contribution in [1.82, 2.24) is 0 Å². The molecular formula is C17H18ClNO3. The lowest BCUT2D eigenvalue weighted by Crippen LogP contribution is -2.07. The molecule has 0 unspecified atom stereocenters. The molecule has 0 heterocycles. The minimum Gasteiger partial charge on any atom is -0.491 e. The largest absolute Gasteiger partial charge is 0.491 e. The van der Waals surface area contributed by atoms with E-state index in [4.69, 9.17) is 26.8 Å². The van der Waals surface area contributed by atoms with E-state index >= 15 is 0 Å². The van der Waals surface area contributed by atoms with E-state index < -0.39 is 0 Å². The normalized spacial score (nSPS) is 10.5. The van der Waals surface area contributed by atoms with Crippen molar-refractivity contribution >= 4 is 23.1 Å². The van der Waals surface area contributed by atoms with Gasteiger partial charge in [0.15, 0.2) is 5.78 Å². The van der Waals surface area contributed by atoms with Crippen molar-refractivity contribution in [3.05, 3.63) is 58.1 Å². The maximum Gasteiger partial charge on any atom is 0.194 e. The number of hydrogen-bond acceptors (Lipinski definition) is 4. The molecule has 0 saturated heterocycles. The van der Waals surface area contributed by atoms with Gasteiger partial charge >= 0.3 is 0 Å². The Labute approximate surface area is 134 Å². The topological polar surface area (TPSA) is 61.5 Å². The van der Waals surface area contributed by atoms with E-state index in [0.29, 0.717) is 40.8 Å². The first-order chi connectivity index (χ1) is 10.5. The summed E-state index contributed by atoms with van der Waals surface area (Å²) in [5.41, 5.74) is 8.03. The summed E-state index contributed by atoms with van der Waals surface area (Å²) in [6.45, 7) is 2.84. The van der Waals surface area contributed by atoms with Crippen LogP contribution in [0.1, 0.15) is 21.5 Å². The number of anilines is 1. The second kappa shape index (κ2) is 7.29. The maximum atomic E-state index is 12.6. The van der Waals surface area contributed by atoms with Gasteiger partial charge in [0.25, 0.3) is 0 Å². The zero-order valence-corrected chi connectivity index (χ0v) is 13.3. The number of aryl methyl sites for hydroxylation is 1. The van der Waals surface area contributed by atoms with Gasteiger partial charge in [-0.15, -0.1) is 0 Å². The number of nitrogens with two attached hydrogens (primary N) is 1. The average Bonchev–Trinajstić information content (AvgIpc) is 2.47. The first-order valence-electron chi connectivity index (χ1n) is 6.85. The van der Waals surface area contributed by atoms with Crippen LogP contribution in [0.15, 0.2) is 36.4 Å². The van der Waals surface area contributed by atoms with Gasteiger partial charge in [-0.25, -0.2) is 0 Å². The van der Waals surface area contributed by atoms with E-state index in [1.165, 1.54) is 0 Å². The van der Waals surface area contributed by atoms with Crippen LogP contribution in [0.4, 0.5) is 5.69 Å². The molecule has 0 spiro atoms. The van der Waals surface area contributed by atoms with Crippen LogP contribution in [-0.4, -0.2) is 26.1 Å². The molecule has 22 heavy (non-hydrogen) atoms. The first-order valence-corrected chi connectivity index (χ1v) is 7.23. The van der Waals surface area contributed by atoms with Crippen LogP contribution in [0.5, 0.6) is 5.75 Å². The van der Waals surface area contributed by atoms with Gasteiger partial charge in [-0.05, 0) is 48.9 Å². The van der Waals surface area contributed by atoms with Crippen LogP contribution in [0.25, 0.3) is 0 Å². The summed E-state index contributed by atoms with van der Waals surface area (Å²) < 4.78 is 10.5. The molecule has 116 valence electrons. The van der Waals surface area contributed by atoms with Crippen LogP contribution in [0.3, 0.4) is 0 Å². The fraction of sp³-hybridized carbons (Fsp3) is 0.235. The number of rotatable bonds is 6. The van der Waals surface area contributed by atoms with Gasteiger partial charge in [-0.2, -0.15) is 0 Å².